The lowest BCUT2D eigenvalue weighted by Gasteiger charge is -2.24. The highest BCUT2D eigenvalue weighted by Gasteiger charge is 2.43. The number of carbonyl (C=O) groups is 3. The molecule has 8 nitrogen and oxygen atoms in total. The number of nitrogens with zero attached hydrogens (tertiary/aromatic N) is 2. The Kier molecular flexibility index (Phi) is 6.85. The smallest absolute Gasteiger partial charge is 0.326 e. The summed E-state index contributed by atoms with van der Waals surface area (Å²) in [6.45, 7) is 3.97. The highest BCUT2D eigenvalue weighted by atomic mass is 32.2. The van der Waals surface area contributed by atoms with E-state index in [1.165, 1.54) is 11.1 Å². The topological polar surface area (TPSA) is 126 Å². The van der Waals surface area contributed by atoms with Crippen LogP contribution >= 0.6 is 11.8 Å². The first kappa shape index (κ1) is 20.3. The lowest BCUT2D eigenvalue weighted by molar-refractivity contribution is -0.147. The number of likely N-dealkylation sites (N-methyl/N-ethyl adjacent to an activating group) is 1. The van der Waals surface area contributed by atoms with E-state index < -0.39 is 23.2 Å². The number of nitrogens with one attached hydrogen (secondary N) is 1. The number of thioether (sulfide) groups is 1. The maximum absolute atomic E-state index is 12.6. The molecular weight excluding hydrogens is 368 g/mol. The molecule has 0 bridgehead atoms. The van der Waals surface area contributed by atoms with Crippen molar-refractivity contribution in [1.82, 2.24) is 4.90 Å². The molecule has 1 heterocycles. The van der Waals surface area contributed by atoms with E-state index in [4.69, 9.17) is 10.5 Å². The fraction of sp³-hybridized carbons (Fsp3) is 0.333. The Balaban J connectivity index is 2.17. The van der Waals surface area contributed by atoms with Crippen molar-refractivity contribution in [1.29, 1.82) is 5.26 Å². The van der Waals surface area contributed by atoms with Gasteiger partial charge in [0.15, 0.2) is 5.92 Å². The van der Waals surface area contributed by atoms with Crippen molar-refractivity contribution < 1.29 is 19.1 Å². The molecule has 1 aliphatic rings. The van der Waals surface area contributed by atoms with E-state index >= 15 is 0 Å². The standard InChI is InChI=1S/C18H20N4O4S/c1-3-22-16(24)14(27-17(22)13(9-19)18(25)26-4-2)10-21-12-7-5-11(6-8-12)15(20)23/h5-8,10,13,17,21H,3-4H2,1-2H3,(H2,20,23)/b14-10+/t13-,17?/m0/s1. The van der Waals surface area contributed by atoms with E-state index in [0.717, 1.165) is 11.8 Å². The molecule has 2 atom stereocenters. The molecule has 1 aliphatic heterocycles. The predicted octanol–water partition coefficient (Wildman–Crippen LogP) is 1.66. The van der Waals surface area contributed by atoms with Gasteiger partial charge < -0.3 is 20.7 Å². The molecule has 27 heavy (non-hydrogen) atoms. The number of carbonyl (C=O) groups excluding carboxylic acids is 3. The normalized spacial score (nSPS) is 18.9. The maximum atomic E-state index is 12.6. The summed E-state index contributed by atoms with van der Waals surface area (Å²) < 4.78 is 4.94. The molecule has 1 aromatic carbocycles. The van der Waals surface area contributed by atoms with E-state index in [0.29, 0.717) is 22.7 Å². The number of esters is 1. The van der Waals surface area contributed by atoms with Crippen LogP contribution in [0, 0.1) is 17.2 Å². The third kappa shape index (κ3) is 4.60. The van der Waals surface area contributed by atoms with Gasteiger partial charge in [0.1, 0.15) is 5.37 Å². The molecule has 2 rings (SSSR count). The molecule has 1 aromatic rings. The van der Waals surface area contributed by atoms with Crippen LogP contribution in [-0.4, -0.2) is 41.2 Å². The molecule has 0 spiro atoms. The molecule has 1 unspecified atom stereocenters. The lowest BCUT2D eigenvalue weighted by Crippen LogP contribution is -2.40. The second-order valence-electron chi connectivity index (χ2n) is 5.55. The first-order valence-electron chi connectivity index (χ1n) is 8.33. The van der Waals surface area contributed by atoms with Crippen molar-refractivity contribution in [2.75, 3.05) is 18.5 Å². The second-order valence-corrected chi connectivity index (χ2v) is 6.71. The van der Waals surface area contributed by atoms with Gasteiger partial charge in [-0.2, -0.15) is 5.26 Å². The number of nitrogens with two attached hydrogens (primary N) is 1. The van der Waals surface area contributed by atoms with Gasteiger partial charge in [-0.25, -0.2) is 0 Å². The zero-order valence-electron chi connectivity index (χ0n) is 15.0. The first-order chi connectivity index (χ1) is 12.9. The highest BCUT2D eigenvalue weighted by Crippen LogP contribution is 2.39. The van der Waals surface area contributed by atoms with Gasteiger partial charge in [0.2, 0.25) is 5.91 Å². The second kappa shape index (κ2) is 9.09. The largest absolute Gasteiger partial charge is 0.465 e. The molecule has 2 amide bonds. The minimum absolute atomic E-state index is 0.167. The Morgan fingerprint density at radius 1 is 1.41 bits per heavy atom. The zero-order valence-corrected chi connectivity index (χ0v) is 15.8. The Hall–Kier alpha value is -2.99. The number of hydrogen-bond donors (Lipinski definition) is 2. The third-order valence-electron chi connectivity index (χ3n) is 3.87. The van der Waals surface area contributed by atoms with Gasteiger partial charge in [-0.1, -0.05) is 11.8 Å². The summed E-state index contributed by atoms with van der Waals surface area (Å²) in [5.41, 5.74) is 6.24. The molecule has 3 N–H and O–H groups in total. The molecule has 142 valence electrons. The summed E-state index contributed by atoms with van der Waals surface area (Å²) in [5, 5.41) is 11.7. The Labute approximate surface area is 161 Å². The van der Waals surface area contributed by atoms with Crippen LogP contribution < -0.4 is 11.1 Å². The highest BCUT2D eigenvalue weighted by molar-refractivity contribution is 8.05. The molecular formula is C18H20N4O4S. The van der Waals surface area contributed by atoms with Gasteiger partial charge in [0.25, 0.3) is 5.91 Å². The average Bonchev–Trinajstić information content (AvgIpc) is 2.96. The summed E-state index contributed by atoms with van der Waals surface area (Å²) in [6.07, 6.45) is 1.52. The monoisotopic (exact) mass is 388 g/mol. The van der Waals surface area contributed by atoms with E-state index in [1.807, 2.05) is 6.07 Å². The van der Waals surface area contributed by atoms with Gasteiger partial charge in [0.05, 0.1) is 17.6 Å². The fourth-order valence-corrected chi connectivity index (χ4v) is 3.80. The summed E-state index contributed by atoms with van der Waals surface area (Å²) in [5.74, 6) is -2.50. The van der Waals surface area contributed by atoms with Crippen LogP contribution in [0.25, 0.3) is 0 Å². The maximum Gasteiger partial charge on any atom is 0.326 e. The first-order valence-corrected chi connectivity index (χ1v) is 9.21. The van der Waals surface area contributed by atoms with Crippen LogP contribution in [0.1, 0.15) is 24.2 Å². The Bertz CT molecular complexity index is 801. The average molecular weight is 388 g/mol. The van der Waals surface area contributed by atoms with E-state index in [9.17, 15) is 19.6 Å². The fourth-order valence-electron chi connectivity index (χ4n) is 2.51. The van der Waals surface area contributed by atoms with Gasteiger partial charge in [-0.15, -0.1) is 0 Å². The number of benzene rings is 1. The molecule has 9 heteroatoms. The molecule has 0 aliphatic carbocycles. The van der Waals surface area contributed by atoms with Gasteiger partial charge in [0, 0.05) is 24.0 Å². The SMILES string of the molecule is CCOC(=O)[C@@H](C#N)C1S/C(=C/Nc2ccc(C(N)=O)cc2)C(=O)N1CC. The molecule has 1 fully saturated rings. The third-order valence-corrected chi connectivity index (χ3v) is 5.19. The van der Waals surface area contributed by atoms with Crippen LogP contribution in [0.5, 0.6) is 0 Å². The predicted molar refractivity (Wildman–Crippen MR) is 101 cm³/mol. The zero-order chi connectivity index (χ0) is 20.0. The number of nitriles is 1. The Morgan fingerprint density at radius 2 is 2.07 bits per heavy atom. The van der Waals surface area contributed by atoms with Crippen molar-refractivity contribution in [3.05, 3.63) is 40.9 Å². The van der Waals surface area contributed by atoms with Crippen LogP contribution in [-0.2, 0) is 14.3 Å². The molecule has 0 saturated carbocycles. The number of amides is 2. The number of anilines is 1. The van der Waals surface area contributed by atoms with E-state index in [2.05, 4.69) is 5.32 Å². The van der Waals surface area contributed by atoms with Crippen LogP contribution in [0.2, 0.25) is 0 Å². The summed E-state index contributed by atoms with van der Waals surface area (Å²) >= 11 is 1.14. The number of ether oxygens (including phenoxy) is 1. The summed E-state index contributed by atoms with van der Waals surface area (Å²) in [7, 11) is 0. The number of rotatable bonds is 7. The van der Waals surface area contributed by atoms with E-state index in [1.54, 1.807) is 38.1 Å². The van der Waals surface area contributed by atoms with Gasteiger partial charge >= 0.3 is 5.97 Å². The number of primary amides is 1. The van der Waals surface area contributed by atoms with Crippen LogP contribution in [0.4, 0.5) is 5.69 Å². The molecule has 1 saturated heterocycles. The Morgan fingerprint density at radius 3 is 2.59 bits per heavy atom. The van der Waals surface area contributed by atoms with Crippen molar-refractivity contribution in [2.24, 2.45) is 11.7 Å². The number of hydrogen-bond acceptors (Lipinski definition) is 7. The summed E-state index contributed by atoms with van der Waals surface area (Å²) in [6, 6.07) is 8.40. The molecule has 0 radical (unpaired) electrons. The van der Waals surface area contributed by atoms with Crippen molar-refractivity contribution in [3.8, 4) is 6.07 Å². The lowest BCUT2D eigenvalue weighted by atomic mass is 10.1. The quantitative estimate of drug-likeness (QED) is 0.537. The summed E-state index contributed by atoms with van der Waals surface area (Å²) in [4.78, 5) is 37.6. The van der Waals surface area contributed by atoms with E-state index in [-0.39, 0.29) is 12.5 Å². The van der Waals surface area contributed by atoms with Crippen molar-refractivity contribution in [3.63, 3.8) is 0 Å². The minimum Gasteiger partial charge on any atom is -0.465 e. The van der Waals surface area contributed by atoms with Gasteiger partial charge in [-0.05, 0) is 38.1 Å². The van der Waals surface area contributed by atoms with Gasteiger partial charge in [-0.3, -0.25) is 14.4 Å². The van der Waals surface area contributed by atoms with Crippen LogP contribution in [0.3, 0.4) is 0 Å². The minimum atomic E-state index is -1.07. The molecule has 0 aromatic heterocycles. The van der Waals surface area contributed by atoms with Crippen molar-refractivity contribution >= 4 is 35.2 Å². The van der Waals surface area contributed by atoms with Crippen LogP contribution in [0.15, 0.2) is 35.4 Å². The van der Waals surface area contributed by atoms with Crippen molar-refractivity contribution in [2.45, 2.75) is 19.2 Å².